The number of nitrogens with one attached hydrogen (secondary N) is 1. The number of fused-ring (bicyclic) bond motifs is 2. The minimum Gasteiger partial charge on any atom is -0.480 e. The average molecular weight is 267 g/mol. The van der Waals surface area contributed by atoms with E-state index in [9.17, 15) is 4.79 Å². The Morgan fingerprint density at radius 3 is 3.06 bits per heavy atom. The number of carboxylic acids is 1. The molecule has 5 heteroatoms. The van der Waals surface area contributed by atoms with Gasteiger partial charge in [0.15, 0.2) is 0 Å². The summed E-state index contributed by atoms with van der Waals surface area (Å²) in [7, 11) is 0. The summed E-state index contributed by atoms with van der Waals surface area (Å²) in [5.74, 6) is 0.947. The van der Waals surface area contributed by atoms with Crippen LogP contribution in [0.2, 0.25) is 0 Å². The highest BCUT2D eigenvalue weighted by Crippen LogP contribution is 2.49. The molecule has 1 aromatic carbocycles. The maximum Gasteiger partial charge on any atom is 0.321 e. The molecule has 1 saturated heterocycles. The molecular formula is C12H13NO2S2. The molecule has 0 saturated carbocycles. The van der Waals surface area contributed by atoms with Crippen molar-refractivity contribution in [2.45, 2.75) is 22.2 Å². The number of carbonyl (C=O) groups is 1. The number of thioether (sulfide) groups is 2. The summed E-state index contributed by atoms with van der Waals surface area (Å²) in [5, 5.41) is 12.4. The number of hydrogen-bond donors (Lipinski definition) is 2. The van der Waals surface area contributed by atoms with Crippen LogP contribution in [-0.2, 0) is 9.67 Å². The topological polar surface area (TPSA) is 49.3 Å². The van der Waals surface area contributed by atoms with E-state index in [1.807, 2.05) is 23.9 Å². The van der Waals surface area contributed by atoms with E-state index in [0.717, 1.165) is 12.2 Å². The molecule has 2 atom stereocenters. The molecule has 0 aliphatic carbocycles. The Morgan fingerprint density at radius 2 is 2.29 bits per heavy atom. The molecule has 90 valence electrons. The first-order chi connectivity index (χ1) is 8.21. The third-order valence-electron chi connectivity index (χ3n) is 3.24. The number of hydrogen-bond acceptors (Lipinski definition) is 4. The molecule has 0 radical (unpaired) electrons. The van der Waals surface area contributed by atoms with E-state index in [4.69, 9.17) is 5.11 Å². The van der Waals surface area contributed by atoms with Crippen molar-refractivity contribution < 1.29 is 9.90 Å². The molecule has 3 nitrogen and oxygen atoms in total. The van der Waals surface area contributed by atoms with Crippen LogP contribution in [0, 0.1) is 0 Å². The van der Waals surface area contributed by atoms with Crippen LogP contribution >= 0.6 is 23.5 Å². The first-order valence-electron chi connectivity index (χ1n) is 5.58. The highest BCUT2D eigenvalue weighted by atomic mass is 32.2. The van der Waals surface area contributed by atoms with Crippen LogP contribution in [0.1, 0.15) is 12.0 Å². The van der Waals surface area contributed by atoms with Gasteiger partial charge in [-0.25, -0.2) is 0 Å². The Labute approximate surface area is 108 Å². The zero-order valence-electron chi connectivity index (χ0n) is 9.18. The van der Waals surface area contributed by atoms with Gasteiger partial charge < -0.3 is 5.11 Å². The van der Waals surface area contributed by atoms with E-state index in [1.54, 1.807) is 11.8 Å². The third-order valence-corrected chi connectivity index (χ3v) is 5.85. The van der Waals surface area contributed by atoms with Crippen LogP contribution in [0.3, 0.4) is 0 Å². The Hall–Kier alpha value is -0.650. The van der Waals surface area contributed by atoms with Crippen molar-refractivity contribution in [3.63, 3.8) is 0 Å². The third kappa shape index (κ3) is 1.86. The van der Waals surface area contributed by atoms with Crippen LogP contribution in [-0.4, -0.2) is 28.6 Å². The second-order valence-electron chi connectivity index (χ2n) is 4.27. The van der Waals surface area contributed by atoms with Crippen LogP contribution in [0.5, 0.6) is 0 Å². The summed E-state index contributed by atoms with van der Waals surface area (Å²) < 4.78 is 0. The number of carboxylic acid groups (broad SMARTS) is 1. The van der Waals surface area contributed by atoms with Crippen LogP contribution in [0.25, 0.3) is 0 Å². The van der Waals surface area contributed by atoms with Gasteiger partial charge in [0.2, 0.25) is 0 Å². The second kappa shape index (κ2) is 4.23. The highest BCUT2D eigenvalue weighted by Gasteiger charge is 2.45. The SMILES string of the molecule is O=C(O)[C@@H]1CSC2(CCSc3ccccc32)N1. The summed E-state index contributed by atoms with van der Waals surface area (Å²) in [5.41, 5.74) is 1.25. The molecular weight excluding hydrogens is 254 g/mol. The van der Waals surface area contributed by atoms with Crippen molar-refractivity contribution in [1.29, 1.82) is 0 Å². The lowest BCUT2D eigenvalue weighted by Crippen LogP contribution is -2.44. The van der Waals surface area contributed by atoms with Gasteiger partial charge >= 0.3 is 5.97 Å². The summed E-state index contributed by atoms with van der Waals surface area (Å²) in [6.07, 6.45) is 0.989. The Balaban J connectivity index is 1.98. The van der Waals surface area contributed by atoms with E-state index in [1.165, 1.54) is 10.5 Å². The van der Waals surface area contributed by atoms with E-state index < -0.39 is 12.0 Å². The van der Waals surface area contributed by atoms with Crippen molar-refractivity contribution >= 4 is 29.5 Å². The van der Waals surface area contributed by atoms with E-state index in [2.05, 4.69) is 17.4 Å². The summed E-state index contributed by atoms with van der Waals surface area (Å²) in [4.78, 5) is 12.2. The van der Waals surface area contributed by atoms with Crippen molar-refractivity contribution in [1.82, 2.24) is 5.32 Å². The molecule has 17 heavy (non-hydrogen) atoms. The van der Waals surface area contributed by atoms with E-state index >= 15 is 0 Å². The molecule has 0 bridgehead atoms. The van der Waals surface area contributed by atoms with Gasteiger partial charge in [-0.2, -0.15) is 0 Å². The molecule has 2 aliphatic rings. The molecule has 1 fully saturated rings. The molecule has 1 aromatic rings. The van der Waals surface area contributed by atoms with Crippen molar-refractivity contribution in [2.24, 2.45) is 0 Å². The fourth-order valence-electron chi connectivity index (χ4n) is 2.39. The summed E-state index contributed by atoms with van der Waals surface area (Å²) in [6.45, 7) is 0. The molecule has 3 rings (SSSR count). The van der Waals surface area contributed by atoms with Gasteiger partial charge in [-0.3, -0.25) is 10.1 Å². The molecule has 0 amide bonds. The number of aliphatic carboxylic acids is 1. The molecule has 2 aliphatic heterocycles. The van der Waals surface area contributed by atoms with Gasteiger partial charge in [0.05, 0.1) is 4.87 Å². The second-order valence-corrected chi connectivity index (χ2v) is 6.72. The fraction of sp³-hybridized carbons (Fsp3) is 0.417. The number of benzene rings is 1. The summed E-state index contributed by atoms with van der Waals surface area (Å²) >= 11 is 3.60. The summed E-state index contributed by atoms with van der Waals surface area (Å²) in [6, 6.07) is 7.89. The zero-order valence-corrected chi connectivity index (χ0v) is 10.8. The van der Waals surface area contributed by atoms with Crippen LogP contribution in [0.4, 0.5) is 0 Å². The minimum atomic E-state index is -0.745. The van der Waals surface area contributed by atoms with E-state index in [-0.39, 0.29) is 4.87 Å². The average Bonchev–Trinajstić information content (AvgIpc) is 2.75. The molecule has 2 heterocycles. The van der Waals surface area contributed by atoms with Gasteiger partial charge in [0, 0.05) is 16.4 Å². The zero-order chi connectivity index (χ0) is 11.9. The lowest BCUT2D eigenvalue weighted by molar-refractivity contribution is -0.138. The molecule has 2 N–H and O–H groups in total. The molecule has 1 unspecified atom stereocenters. The monoisotopic (exact) mass is 267 g/mol. The van der Waals surface area contributed by atoms with Gasteiger partial charge in [0.1, 0.15) is 6.04 Å². The van der Waals surface area contributed by atoms with Crippen LogP contribution in [0.15, 0.2) is 29.2 Å². The smallest absolute Gasteiger partial charge is 0.321 e. The standard InChI is InChI=1S/C12H13NO2S2/c14-11(15)9-7-17-12(13-9)5-6-16-10-4-2-1-3-8(10)12/h1-4,9,13H,5-7H2,(H,14,15)/t9-,12?/m0/s1. The predicted molar refractivity (Wildman–Crippen MR) is 70.5 cm³/mol. The lowest BCUT2D eigenvalue weighted by Gasteiger charge is -2.35. The van der Waals surface area contributed by atoms with Crippen molar-refractivity contribution in [3.05, 3.63) is 29.8 Å². The van der Waals surface area contributed by atoms with Crippen LogP contribution < -0.4 is 5.32 Å². The lowest BCUT2D eigenvalue weighted by atomic mass is 10.0. The first kappa shape index (κ1) is 11.4. The first-order valence-corrected chi connectivity index (χ1v) is 7.55. The predicted octanol–water partition coefficient (Wildman–Crippen LogP) is 2.12. The van der Waals surface area contributed by atoms with Gasteiger partial charge in [-0.15, -0.1) is 23.5 Å². The number of rotatable bonds is 1. The quantitative estimate of drug-likeness (QED) is 0.816. The van der Waals surface area contributed by atoms with Crippen molar-refractivity contribution in [2.75, 3.05) is 11.5 Å². The molecule has 0 aromatic heterocycles. The van der Waals surface area contributed by atoms with E-state index in [0.29, 0.717) is 5.75 Å². The Morgan fingerprint density at radius 1 is 1.47 bits per heavy atom. The Kier molecular flexibility index (Phi) is 2.84. The fourth-order valence-corrected chi connectivity index (χ4v) is 5.27. The molecule has 1 spiro atoms. The van der Waals surface area contributed by atoms with Crippen molar-refractivity contribution in [3.8, 4) is 0 Å². The maximum absolute atomic E-state index is 11.1. The largest absolute Gasteiger partial charge is 0.480 e. The maximum atomic E-state index is 11.1. The normalized spacial score (nSPS) is 31.4. The van der Waals surface area contributed by atoms with Gasteiger partial charge in [-0.05, 0) is 18.1 Å². The van der Waals surface area contributed by atoms with Gasteiger partial charge in [-0.1, -0.05) is 18.2 Å². The minimum absolute atomic E-state index is 0.176. The van der Waals surface area contributed by atoms with Gasteiger partial charge in [0.25, 0.3) is 0 Å². The highest BCUT2D eigenvalue weighted by molar-refractivity contribution is 8.01. The Bertz CT molecular complexity index is 466.